The number of nitrogens with zero attached hydrogens (tertiary/aromatic N) is 1. The van der Waals surface area contributed by atoms with E-state index in [4.69, 9.17) is 0 Å². The quantitative estimate of drug-likeness (QED) is 0.269. The Balaban J connectivity index is 1.13. The lowest BCUT2D eigenvalue weighted by molar-refractivity contribution is -0.221. The molecule has 0 aromatic rings. The van der Waals surface area contributed by atoms with Gasteiger partial charge in [-0.1, -0.05) is 58.9 Å². The fourth-order valence-electron chi connectivity index (χ4n) is 14.2. The molecule has 4 saturated carbocycles. The van der Waals surface area contributed by atoms with Crippen LogP contribution in [0.25, 0.3) is 0 Å². The normalized spacial score (nSPS) is 46.4. The standard InChI is InChI=1S/C41H64N2O4S/c1-27(2)30-12-17-41(42-20-21-43-22-24-48(46,47)25-23-43)19-18-39(6)32(35(30)41)10-11-34-38(5)15-13-31(28-8-9-29(26-28)36(44)45)37(3,4)33(38)14-16-40(34,39)7/h8,13,29-30,32-35,42H,1,9-12,14-26H2,2-7H3,(H,44,45). The predicted molar refractivity (Wildman–Crippen MR) is 194 cm³/mol. The Morgan fingerprint density at radius 3 is 2.35 bits per heavy atom. The van der Waals surface area contributed by atoms with Gasteiger partial charge in [-0.2, -0.15) is 0 Å². The molecule has 6 aliphatic carbocycles. The van der Waals surface area contributed by atoms with Crippen molar-refractivity contribution < 1.29 is 18.3 Å². The summed E-state index contributed by atoms with van der Waals surface area (Å²) in [6.07, 6.45) is 17.5. The minimum atomic E-state index is -2.86. The molecule has 1 heterocycles. The first-order valence-corrected chi connectivity index (χ1v) is 21.3. The maximum Gasteiger partial charge on any atom is 0.307 e. The molecular weight excluding hydrogens is 617 g/mol. The molecule has 0 aromatic heterocycles. The number of allylic oxidation sites excluding steroid dienone is 5. The molecule has 10 unspecified atom stereocenters. The zero-order chi connectivity index (χ0) is 34.5. The van der Waals surface area contributed by atoms with E-state index in [9.17, 15) is 18.3 Å². The van der Waals surface area contributed by atoms with E-state index in [0.29, 0.717) is 67.0 Å². The molecule has 0 bridgehead atoms. The second kappa shape index (κ2) is 11.8. The molecule has 1 saturated heterocycles. The predicted octanol–water partition coefficient (Wildman–Crippen LogP) is 7.67. The van der Waals surface area contributed by atoms with Gasteiger partial charge < -0.3 is 15.3 Å². The molecule has 0 spiro atoms. The van der Waals surface area contributed by atoms with Crippen LogP contribution in [-0.2, 0) is 14.6 Å². The van der Waals surface area contributed by atoms with Gasteiger partial charge in [-0.25, -0.2) is 8.42 Å². The van der Waals surface area contributed by atoms with Crippen molar-refractivity contribution in [1.82, 2.24) is 10.2 Å². The maximum atomic E-state index is 12.0. The Morgan fingerprint density at radius 2 is 1.69 bits per heavy atom. The number of carboxylic acids is 1. The van der Waals surface area contributed by atoms with E-state index in [1.54, 1.807) is 0 Å². The molecule has 48 heavy (non-hydrogen) atoms. The average molecular weight is 681 g/mol. The van der Waals surface area contributed by atoms with E-state index >= 15 is 0 Å². The van der Waals surface area contributed by atoms with Crippen molar-refractivity contribution in [3.63, 3.8) is 0 Å². The van der Waals surface area contributed by atoms with E-state index in [0.717, 1.165) is 19.5 Å². The van der Waals surface area contributed by atoms with Gasteiger partial charge in [0, 0.05) is 31.7 Å². The first kappa shape index (κ1) is 35.0. The lowest BCUT2D eigenvalue weighted by Crippen LogP contribution is -2.68. The molecule has 5 fully saturated rings. The number of carbonyl (C=O) groups is 1. The van der Waals surface area contributed by atoms with Gasteiger partial charge in [0.05, 0.1) is 17.4 Å². The van der Waals surface area contributed by atoms with E-state index in [-0.39, 0.29) is 33.1 Å². The first-order valence-electron chi connectivity index (χ1n) is 19.4. The Hall–Kier alpha value is -1.44. The summed E-state index contributed by atoms with van der Waals surface area (Å²) in [6.45, 7) is 23.1. The molecule has 0 amide bonds. The van der Waals surface area contributed by atoms with Crippen LogP contribution in [0.15, 0.2) is 35.5 Å². The fourth-order valence-corrected chi connectivity index (χ4v) is 15.4. The van der Waals surface area contributed by atoms with Gasteiger partial charge in [-0.05, 0) is 140 Å². The number of rotatable bonds is 7. The first-order chi connectivity index (χ1) is 22.5. The van der Waals surface area contributed by atoms with Crippen LogP contribution in [0.2, 0.25) is 0 Å². The van der Waals surface area contributed by atoms with Crippen molar-refractivity contribution in [2.45, 2.75) is 118 Å². The minimum absolute atomic E-state index is 0.0476. The van der Waals surface area contributed by atoms with Gasteiger partial charge >= 0.3 is 5.97 Å². The number of nitrogens with one attached hydrogen (secondary N) is 1. The van der Waals surface area contributed by atoms with Crippen molar-refractivity contribution in [3.8, 4) is 0 Å². The Labute approximate surface area is 291 Å². The highest BCUT2D eigenvalue weighted by Crippen LogP contribution is 2.76. The highest BCUT2D eigenvalue weighted by atomic mass is 32.2. The highest BCUT2D eigenvalue weighted by molar-refractivity contribution is 7.91. The van der Waals surface area contributed by atoms with Crippen molar-refractivity contribution in [3.05, 3.63) is 35.5 Å². The van der Waals surface area contributed by atoms with Gasteiger partial charge in [-0.3, -0.25) is 4.79 Å². The molecule has 6 nitrogen and oxygen atoms in total. The topological polar surface area (TPSA) is 86.7 Å². The van der Waals surface area contributed by atoms with E-state index < -0.39 is 15.8 Å². The summed E-state index contributed by atoms with van der Waals surface area (Å²) in [4.78, 5) is 14.2. The number of sulfone groups is 1. The fraction of sp³-hybridized carbons (Fsp3) is 0.829. The molecule has 0 aromatic carbocycles. The average Bonchev–Trinajstić information content (AvgIpc) is 3.64. The summed E-state index contributed by atoms with van der Waals surface area (Å²) in [7, 11) is -2.86. The lowest BCUT2D eigenvalue weighted by atomic mass is 9.33. The van der Waals surface area contributed by atoms with Crippen LogP contribution >= 0.6 is 0 Å². The second-order valence-electron chi connectivity index (χ2n) is 19.0. The number of hydrogen-bond donors (Lipinski definition) is 2. The third-order valence-electron chi connectivity index (χ3n) is 16.8. The summed E-state index contributed by atoms with van der Waals surface area (Å²) in [5, 5.41) is 13.9. The van der Waals surface area contributed by atoms with Crippen LogP contribution in [0, 0.1) is 57.2 Å². The molecule has 7 rings (SSSR count). The highest BCUT2D eigenvalue weighted by Gasteiger charge is 2.70. The van der Waals surface area contributed by atoms with Crippen molar-refractivity contribution in [2.24, 2.45) is 57.2 Å². The van der Waals surface area contributed by atoms with Crippen LogP contribution in [0.5, 0.6) is 0 Å². The SMILES string of the molecule is C=C(C)C1CCC2(NCCN3CCS(=O)(=O)CC3)CCC3(C)C(CCC4C5(C)CC=C(C6=CCC(C(=O)O)C6)C(C)(C)C5CCC43C)C12. The van der Waals surface area contributed by atoms with Crippen LogP contribution in [0.3, 0.4) is 0 Å². The summed E-state index contributed by atoms with van der Waals surface area (Å²) in [6, 6.07) is 0. The van der Waals surface area contributed by atoms with E-state index in [1.807, 2.05) is 0 Å². The summed E-state index contributed by atoms with van der Waals surface area (Å²) in [5.41, 5.74) is 5.17. The molecule has 0 radical (unpaired) electrons. The molecule has 1 aliphatic heterocycles. The Bertz CT molecular complexity index is 1500. The lowest BCUT2D eigenvalue weighted by Gasteiger charge is -2.72. The van der Waals surface area contributed by atoms with Gasteiger partial charge in [0.1, 0.15) is 0 Å². The number of aliphatic carboxylic acids is 1. The molecule has 268 valence electrons. The molecule has 7 aliphatic rings. The van der Waals surface area contributed by atoms with Gasteiger partial charge in [0.2, 0.25) is 0 Å². The van der Waals surface area contributed by atoms with Crippen LogP contribution in [0.1, 0.15) is 112 Å². The van der Waals surface area contributed by atoms with Crippen molar-refractivity contribution in [2.75, 3.05) is 37.7 Å². The van der Waals surface area contributed by atoms with Crippen LogP contribution in [-0.4, -0.2) is 67.6 Å². The van der Waals surface area contributed by atoms with Gasteiger partial charge in [0.25, 0.3) is 0 Å². The van der Waals surface area contributed by atoms with E-state index in [2.05, 4.69) is 70.5 Å². The smallest absolute Gasteiger partial charge is 0.307 e. The van der Waals surface area contributed by atoms with Crippen molar-refractivity contribution in [1.29, 1.82) is 0 Å². The summed E-state index contributed by atoms with van der Waals surface area (Å²) < 4.78 is 24.0. The van der Waals surface area contributed by atoms with Crippen LogP contribution in [0.4, 0.5) is 0 Å². The number of carboxylic acid groups (broad SMARTS) is 1. The molecule has 10 atom stereocenters. The maximum absolute atomic E-state index is 12.0. The largest absolute Gasteiger partial charge is 0.481 e. The minimum Gasteiger partial charge on any atom is -0.481 e. The molecule has 7 heteroatoms. The zero-order valence-electron chi connectivity index (χ0n) is 30.9. The third kappa shape index (κ3) is 5.20. The monoisotopic (exact) mass is 680 g/mol. The van der Waals surface area contributed by atoms with Gasteiger partial charge in [0.15, 0.2) is 9.84 Å². The third-order valence-corrected chi connectivity index (χ3v) is 18.4. The summed E-state index contributed by atoms with van der Waals surface area (Å²) >= 11 is 0. The summed E-state index contributed by atoms with van der Waals surface area (Å²) in [5.74, 6) is 2.86. The Morgan fingerprint density at radius 1 is 0.958 bits per heavy atom. The van der Waals surface area contributed by atoms with Crippen molar-refractivity contribution >= 4 is 15.8 Å². The second-order valence-corrected chi connectivity index (χ2v) is 21.3. The van der Waals surface area contributed by atoms with Gasteiger partial charge in [-0.15, -0.1) is 0 Å². The zero-order valence-corrected chi connectivity index (χ0v) is 31.7. The van der Waals surface area contributed by atoms with Crippen LogP contribution < -0.4 is 5.32 Å². The Kier molecular flexibility index (Phi) is 8.60. The van der Waals surface area contributed by atoms with E-state index in [1.165, 1.54) is 68.1 Å². The molecular formula is C41H64N2O4S. The molecule has 2 N–H and O–H groups in total. The number of hydrogen-bond acceptors (Lipinski definition) is 5. The number of fused-ring (bicyclic) bond motifs is 7.